The molecule has 3 fully saturated rings. The van der Waals surface area contributed by atoms with E-state index in [-0.39, 0.29) is 36.2 Å². The zero-order valence-corrected chi connectivity index (χ0v) is 22.8. The Morgan fingerprint density at radius 1 is 1.12 bits per heavy atom. The molecule has 0 bridgehead atoms. The average Bonchev–Trinajstić information content (AvgIpc) is 3.89. The van der Waals surface area contributed by atoms with Crippen LogP contribution >= 0.6 is 0 Å². The summed E-state index contributed by atoms with van der Waals surface area (Å²) in [6.07, 6.45) is 11.7. The molecule has 12 nitrogen and oxygen atoms in total. The SMILES string of the molecule is Cc1ccnc([C@H]2C[C@@H]2C(=O)Nc2cc(CCc3cn4cc(C5CC5)cc(N5CC(=O)N(C)C5=O)c4n3)cnn2)n1. The lowest BCUT2D eigenvalue weighted by Gasteiger charge is -2.17. The molecule has 0 aromatic carbocycles. The summed E-state index contributed by atoms with van der Waals surface area (Å²) < 4.78 is 1.97. The highest BCUT2D eigenvalue weighted by molar-refractivity contribution is 6.13. The highest BCUT2D eigenvalue weighted by Gasteiger charge is 2.46. The lowest BCUT2D eigenvalue weighted by Crippen LogP contribution is -2.30. The van der Waals surface area contributed by atoms with Crippen LogP contribution in [-0.2, 0) is 22.4 Å². The highest BCUT2D eigenvalue weighted by Crippen LogP contribution is 2.46. The van der Waals surface area contributed by atoms with Crippen molar-refractivity contribution in [2.24, 2.45) is 5.92 Å². The van der Waals surface area contributed by atoms with Crippen molar-refractivity contribution >= 4 is 35.0 Å². The molecule has 208 valence electrons. The first kappa shape index (κ1) is 25.2. The van der Waals surface area contributed by atoms with Crippen molar-refractivity contribution in [2.45, 2.75) is 50.9 Å². The number of aromatic nitrogens is 6. The number of imide groups is 1. The van der Waals surface area contributed by atoms with Crippen LogP contribution in [-0.4, -0.2) is 65.9 Å². The molecule has 41 heavy (non-hydrogen) atoms. The van der Waals surface area contributed by atoms with Crippen LogP contribution in [0.25, 0.3) is 5.65 Å². The Hall–Kier alpha value is -4.74. The standard InChI is InChI=1S/C29H29N9O3/c1-16-7-8-30-26(32-16)21-11-22(21)28(40)34-24-9-17(12-31-35-24)3-6-20-14-37-13-19(18-4-5-18)10-23(27(37)33-20)38-15-25(39)36(2)29(38)41/h7-10,12-14,18,21-22H,3-6,11,15H2,1-2H3,(H,34,35,40)/t21-,22-/m0/s1. The summed E-state index contributed by atoms with van der Waals surface area (Å²) in [5, 5.41) is 11.1. The predicted octanol–water partition coefficient (Wildman–Crippen LogP) is 3.03. The Morgan fingerprint density at radius 3 is 2.73 bits per heavy atom. The minimum atomic E-state index is -0.337. The predicted molar refractivity (Wildman–Crippen MR) is 148 cm³/mol. The monoisotopic (exact) mass is 551 g/mol. The molecule has 4 aromatic heterocycles. The minimum Gasteiger partial charge on any atom is -0.309 e. The van der Waals surface area contributed by atoms with Crippen molar-refractivity contribution in [1.29, 1.82) is 0 Å². The zero-order valence-electron chi connectivity index (χ0n) is 22.8. The molecule has 0 unspecified atom stereocenters. The van der Waals surface area contributed by atoms with Crippen LogP contribution < -0.4 is 10.2 Å². The van der Waals surface area contributed by atoms with Crippen LogP contribution in [0.5, 0.6) is 0 Å². The number of amides is 4. The fourth-order valence-electron chi connectivity index (χ4n) is 5.41. The van der Waals surface area contributed by atoms with Gasteiger partial charge in [0.2, 0.25) is 11.8 Å². The molecule has 12 heteroatoms. The summed E-state index contributed by atoms with van der Waals surface area (Å²) >= 11 is 0. The Bertz CT molecular complexity index is 1710. The number of carbonyl (C=O) groups is 3. The van der Waals surface area contributed by atoms with Gasteiger partial charge in [-0.05, 0) is 74.3 Å². The quantitative estimate of drug-likeness (QED) is 0.330. The van der Waals surface area contributed by atoms with E-state index in [2.05, 4.69) is 31.7 Å². The van der Waals surface area contributed by atoms with E-state index in [9.17, 15) is 14.4 Å². The fraction of sp³-hybridized carbons (Fsp3) is 0.379. The van der Waals surface area contributed by atoms with Crippen molar-refractivity contribution in [3.05, 3.63) is 71.3 Å². The van der Waals surface area contributed by atoms with Gasteiger partial charge in [-0.25, -0.2) is 19.7 Å². The molecular weight excluding hydrogens is 522 g/mol. The largest absolute Gasteiger partial charge is 0.331 e. The molecule has 3 aliphatic rings. The van der Waals surface area contributed by atoms with Gasteiger partial charge in [0.25, 0.3) is 0 Å². The number of hydrogen-bond acceptors (Lipinski definition) is 8. The molecule has 1 aliphatic heterocycles. The van der Waals surface area contributed by atoms with E-state index >= 15 is 0 Å². The van der Waals surface area contributed by atoms with Crippen LogP contribution in [0.3, 0.4) is 0 Å². The molecule has 2 aliphatic carbocycles. The first-order chi connectivity index (χ1) is 19.8. The number of pyridine rings is 1. The molecule has 7 rings (SSSR count). The Balaban J connectivity index is 1.05. The van der Waals surface area contributed by atoms with Gasteiger partial charge < -0.3 is 9.72 Å². The summed E-state index contributed by atoms with van der Waals surface area (Å²) in [4.78, 5) is 54.1. The number of nitrogens with zero attached hydrogens (tertiary/aromatic N) is 8. The second-order valence-corrected chi connectivity index (χ2v) is 11.2. The first-order valence-electron chi connectivity index (χ1n) is 13.9. The van der Waals surface area contributed by atoms with Gasteiger partial charge in [-0.2, -0.15) is 5.10 Å². The summed E-state index contributed by atoms with van der Waals surface area (Å²) in [5.74, 6) is 1.11. The zero-order chi connectivity index (χ0) is 28.2. The van der Waals surface area contributed by atoms with Crippen molar-refractivity contribution < 1.29 is 14.4 Å². The van der Waals surface area contributed by atoms with Gasteiger partial charge in [0.1, 0.15) is 12.4 Å². The van der Waals surface area contributed by atoms with Gasteiger partial charge in [-0.1, -0.05) is 0 Å². The van der Waals surface area contributed by atoms with Crippen LogP contribution in [0, 0.1) is 12.8 Å². The normalized spacial score (nSPS) is 20.2. The number of anilines is 2. The maximum atomic E-state index is 12.8. The summed E-state index contributed by atoms with van der Waals surface area (Å²) in [6, 6.07) is 5.34. The summed E-state index contributed by atoms with van der Waals surface area (Å²) in [7, 11) is 1.50. The van der Waals surface area contributed by atoms with E-state index in [1.165, 1.54) is 11.9 Å². The molecule has 2 saturated carbocycles. The van der Waals surface area contributed by atoms with E-state index in [4.69, 9.17) is 4.98 Å². The van der Waals surface area contributed by atoms with Crippen molar-refractivity contribution in [2.75, 3.05) is 23.8 Å². The van der Waals surface area contributed by atoms with Crippen LogP contribution in [0.2, 0.25) is 0 Å². The van der Waals surface area contributed by atoms with Gasteiger partial charge in [0, 0.05) is 43.2 Å². The Kier molecular flexibility index (Phi) is 5.98. The maximum Gasteiger partial charge on any atom is 0.331 e. The number of urea groups is 1. The second-order valence-electron chi connectivity index (χ2n) is 11.2. The lowest BCUT2D eigenvalue weighted by atomic mass is 10.1. The third-order valence-corrected chi connectivity index (χ3v) is 8.03. The van der Waals surface area contributed by atoms with Gasteiger partial charge in [-0.3, -0.25) is 19.4 Å². The number of hydrogen-bond donors (Lipinski definition) is 1. The van der Waals surface area contributed by atoms with E-state index in [1.807, 2.05) is 35.7 Å². The molecule has 4 amide bonds. The molecular formula is C29H29N9O3. The fourth-order valence-corrected chi connectivity index (χ4v) is 5.41. The first-order valence-corrected chi connectivity index (χ1v) is 13.9. The number of imidazole rings is 1. The van der Waals surface area contributed by atoms with E-state index in [0.717, 1.165) is 40.3 Å². The highest BCUT2D eigenvalue weighted by atomic mass is 16.2. The molecule has 4 aromatic rings. The molecule has 0 spiro atoms. The minimum absolute atomic E-state index is 0.0120. The van der Waals surface area contributed by atoms with Gasteiger partial charge >= 0.3 is 6.03 Å². The van der Waals surface area contributed by atoms with Gasteiger partial charge in [-0.15, -0.1) is 5.10 Å². The van der Waals surface area contributed by atoms with Crippen LogP contribution in [0.4, 0.5) is 16.3 Å². The summed E-state index contributed by atoms with van der Waals surface area (Å²) in [5.41, 5.74) is 5.12. The third-order valence-electron chi connectivity index (χ3n) is 8.03. The number of rotatable bonds is 8. The molecule has 1 N–H and O–H groups in total. The van der Waals surface area contributed by atoms with Gasteiger partial charge in [0.05, 0.1) is 17.6 Å². The Morgan fingerprint density at radius 2 is 1.98 bits per heavy atom. The molecule has 1 saturated heterocycles. The smallest absolute Gasteiger partial charge is 0.309 e. The number of aryl methyl sites for hydroxylation is 3. The number of likely N-dealkylation sites (N-methyl/N-ethyl adjacent to an activating group) is 1. The average molecular weight is 552 g/mol. The summed E-state index contributed by atoms with van der Waals surface area (Å²) in [6.45, 7) is 1.92. The van der Waals surface area contributed by atoms with Crippen molar-refractivity contribution in [3.63, 3.8) is 0 Å². The molecule has 2 atom stereocenters. The van der Waals surface area contributed by atoms with Crippen LogP contribution in [0.1, 0.15) is 59.4 Å². The van der Waals surface area contributed by atoms with Crippen molar-refractivity contribution in [3.8, 4) is 0 Å². The van der Waals surface area contributed by atoms with E-state index < -0.39 is 0 Å². The van der Waals surface area contributed by atoms with Crippen molar-refractivity contribution in [1.82, 2.24) is 34.4 Å². The maximum absolute atomic E-state index is 12.8. The van der Waals surface area contributed by atoms with E-state index in [0.29, 0.717) is 48.2 Å². The van der Waals surface area contributed by atoms with Gasteiger partial charge in [0.15, 0.2) is 11.5 Å². The molecule has 0 radical (unpaired) electrons. The topological polar surface area (TPSA) is 139 Å². The number of fused-ring (bicyclic) bond motifs is 1. The van der Waals surface area contributed by atoms with Crippen LogP contribution in [0.15, 0.2) is 43.0 Å². The lowest BCUT2D eigenvalue weighted by molar-refractivity contribution is -0.124. The molecule has 5 heterocycles. The third kappa shape index (κ3) is 4.90. The number of carbonyl (C=O) groups excluding carboxylic acids is 3. The number of nitrogens with one attached hydrogen (secondary N) is 1. The second kappa shape index (κ2) is 9.72. The van der Waals surface area contributed by atoms with E-state index in [1.54, 1.807) is 12.4 Å². The Labute approximate surface area is 235 Å².